The van der Waals surface area contributed by atoms with Crippen LogP contribution in [0.15, 0.2) is 35.3 Å². The normalized spacial score (nSPS) is 21.5. The molecule has 2 aliphatic heterocycles. The monoisotopic (exact) mass is 408 g/mol. The van der Waals surface area contributed by atoms with Crippen LogP contribution in [-0.4, -0.2) is 60.0 Å². The van der Waals surface area contributed by atoms with Crippen LogP contribution >= 0.6 is 0 Å². The Labute approximate surface area is 176 Å². The second-order valence-electron chi connectivity index (χ2n) is 8.44. The van der Waals surface area contributed by atoms with E-state index in [1.165, 1.54) is 11.1 Å². The second-order valence-corrected chi connectivity index (χ2v) is 8.44. The highest BCUT2D eigenvalue weighted by atomic mass is 16.5. The number of hydrogen-bond acceptors (Lipinski definition) is 5. The Bertz CT molecular complexity index is 996. The van der Waals surface area contributed by atoms with E-state index in [0.717, 1.165) is 63.0 Å². The van der Waals surface area contributed by atoms with E-state index in [1.54, 1.807) is 16.9 Å². The summed E-state index contributed by atoms with van der Waals surface area (Å²) >= 11 is 0. The predicted octanol–water partition coefficient (Wildman–Crippen LogP) is 2.05. The number of morpholine rings is 1. The molecule has 3 heterocycles. The number of benzene rings is 1. The molecule has 5 rings (SSSR count). The summed E-state index contributed by atoms with van der Waals surface area (Å²) < 4.78 is 6.95. The molecule has 1 aromatic carbocycles. The number of carbonyl (C=O) groups excluding carboxylic acids is 1. The fourth-order valence-corrected chi connectivity index (χ4v) is 5.01. The van der Waals surface area contributed by atoms with Gasteiger partial charge in [-0.15, -0.1) is 0 Å². The Morgan fingerprint density at radius 2 is 1.97 bits per heavy atom. The van der Waals surface area contributed by atoms with E-state index < -0.39 is 0 Å². The maximum Gasteiger partial charge on any atom is 0.269 e. The van der Waals surface area contributed by atoms with Crippen molar-refractivity contribution in [1.82, 2.24) is 14.7 Å². The van der Waals surface area contributed by atoms with Gasteiger partial charge in [-0.25, -0.2) is 4.68 Å². The highest BCUT2D eigenvalue weighted by Crippen LogP contribution is 2.28. The average Bonchev–Trinajstić information content (AvgIpc) is 3.28. The third kappa shape index (κ3) is 3.62. The van der Waals surface area contributed by atoms with Crippen molar-refractivity contribution >= 4 is 11.6 Å². The number of piperidine rings is 1. The van der Waals surface area contributed by atoms with Gasteiger partial charge >= 0.3 is 0 Å². The van der Waals surface area contributed by atoms with Crippen molar-refractivity contribution < 1.29 is 9.53 Å². The third-order valence-electron chi connectivity index (χ3n) is 6.59. The fraction of sp³-hybridized carbons (Fsp3) is 0.522. The molecule has 1 amide bonds. The number of amides is 1. The number of rotatable bonds is 3. The molecule has 0 bridgehead atoms. The number of ether oxygens (including phenoxy) is 1. The van der Waals surface area contributed by atoms with Gasteiger partial charge in [0.25, 0.3) is 11.5 Å². The van der Waals surface area contributed by atoms with Crippen molar-refractivity contribution in [3.63, 3.8) is 0 Å². The van der Waals surface area contributed by atoms with Crippen molar-refractivity contribution in [1.29, 1.82) is 0 Å². The highest BCUT2D eigenvalue weighted by Gasteiger charge is 2.29. The van der Waals surface area contributed by atoms with E-state index in [-0.39, 0.29) is 17.5 Å². The number of fused-ring (bicyclic) bond motifs is 1. The molecule has 1 aliphatic carbocycles. The lowest BCUT2D eigenvalue weighted by molar-refractivity contribution is 0.0669. The summed E-state index contributed by atoms with van der Waals surface area (Å²) in [6.45, 7) is 4.17. The van der Waals surface area contributed by atoms with Crippen LogP contribution in [0, 0.1) is 0 Å². The molecule has 7 heteroatoms. The fourth-order valence-electron chi connectivity index (χ4n) is 5.01. The Balaban J connectivity index is 1.34. The van der Waals surface area contributed by atoms with Crippen molar-refractivity contribution in [2.75, 3.05) is 44.3 Å². The first kappa shape index (κ1) is 19.3. The van der Waals surface area contributed by atoms with Crippen LogP contribution in [0.1, 0.15) is 46.8 Å². The van der Waals surface area contributed by atoms with Crippen molar-refractivity contribution in [3.05, 3.63) is 57.5 Å². The predicted molar refractivity (Wildman–Crippen MR) is 114 cm³/mol. The van der Waals surface area contributed by atoms with Crippen molar-refractivity contribution in [2.45, 2.75) is 38.1 Å². The molecule has 2 fully saturated rings. The molecule has 30 heavy (non-hydrogen) atoms. The average molecular weight is 409 g/mol. The van der Waals surface area contributed by atoms with Gasteiger partial charge in [0.1, 0.15) is 0 Å². The van der Waals surface area contributed by atoms with Crippen LogP contribution in [0.2, 0.25) is 0 Å². The Hall–Kier alpha value is -2.67. The van der Waals surface area contributed by atoms with E-state index in [0.29, 0.717) is 19.8 Å². The minimum atomic E-state index is -0.0982. The maximum absolute atomic E-state index is 13.3. The van der Waals surface area contributed by atoms with Crippen LogP contribution in [0.4, 0.5) is 5.69 Å². The summed E-state index contributed by atoms with van der Waals surface area (Å²) in [7, 11) is 0. The highest BCUT2D eigenvalue weighted by molar-refractivity contribution is 5.96. The molecular formula is C23H28N4O3. The van der Waals surface area contributed by atoms with E-state index in [4.69, 9.17) is 4.74 Å². The zero-order chi connectivity index (χ0) is 20.5. The smallest absolute Gasteiger partial charge is 0.269 e. The quantitative estimate of drug-likeness (QED) is 0.778. The lowest BCUT2D eigenvalue weighted by Gasteiger charge is -2.34. The number of hydrogen-bond donors (Lipinski definition) is 0. The van der Waals surface area contributed by atoms with Gasteiger partial charge in [-0.2, -0.15) is 5.10 Å². The Morgan fingerprint density at radius 1 is 1.10 bits per heavy atom. The second kappa shape index (κ2) is 8.22. The molecule has 7 nitrogen and oxygen atoms in total. The van der Waals surface area contributed by atoms with E-state index >= 15 is 0 Å². The Morgan fingerprint density at radius 3 is 2.80 bits per heavy atom. The molecule has 1 aromatic heterocycles. The molecule has 158 valence electrons. The van der Waals surface area contributed by atoms with Gasteiger partial charge in [0.05, 0.1) is 31.1 Å². The molecule has 2 aromatic rings. The van der Waals surface area contributed by atoms with Gasteiger partial charge in [0.15, 0.2) is 0 Å². The summed E-state index contributed by atoms with van der Waals surface area (Å²) in [5, 5.41) is 4.49. The molecule has 0 spiro atoms. The lowest BCUT2D eigenvalue weighted by atomic mass is 10.00. The molecule has 0 N–H and O–H groups in total. The number of aromatic nitrogens is 2. The summed E-state index contributed by atoms with van der Waals surface area (Å²) in [4.78, 5) is 30.1. The van der Waals surface area contributed by atoms with E-state index in [2.05, 4.69) is 16.1 Å². The number of carbonyl (C=O) groups is 1. The molecular weight excluding hydrogens is 380 g/mol. The van der Waals surface area contributed by atoms with Crippen molar-refractivity contribution in [3.8, 4) is 0 Å². The first-order chi connectivity index (χ1) is 14.7. The van der Waals surface area contributed by atoms with Gasteiger partial charge in [0, 0.05) is 37.8 Å². The van der Waals surface area contributed by atoms with Gasteiger partial charge in [0.2, 0.25) is 0 Å². The van der Waals surface area contributed by atoms with Crippen LogP contribution in [0.3, 0.4) is 0 Å². The zero-order valence-corrected chi connectivity index (χ0v) is 17.3. The van der Waals surface area contributed by atoms with Crippen LogP contribution in [0.25, 0.3) is 0 Å². The molecule has 0 radical (unpaired) electrons. The molecule has 1 atom stereocenters. The minimum absolute atomic E-state index is 0.0781. The van der Waals surface area contributed by atoms with Crippen LogP contribution in [0.5, 0.6) is 0 Å². The summed E-state index contributed by atoms with van der Waals surface area (Å²) in [6, 6.07) is 7.68. The third-order valence-corrected chi connectivity index (χ3v) is 6.59. The topological polar surface area (TPSA) is 67.7 Å². The standard InChI is InChI=1S/C23H28N4O3/c28-22-14-19(25-10-12-30-13-11-25)15-24-27(22)18-6-3-9-26(16-18)23(29)21-8-2-5-17-4-1-7-20(17)21/h2,5,8,14-15,18H,1,3-4,6-7,9-13,16H2/t18-/m1/s1. The molecule has 3 aliphatic rings. The first-order valence-corrected chi connectivity index (χ1v) is 11.0. The van der Waals surface area contributed by atoms with Crippen LogP contribution in [-0.2, 0) is 17.6 Å². The number of aryl methyl sites for hydroxylation is 1. The summed E-state index contributed by atoms with van der Waals surface area (Å²) in [5.74, 6) is 0.0939. The molecule has 2 saturated heterocycles. The van der Waals surface area contributed by atoms with Crippen LogP contribution < -0.4 is 10.5 Å². The summed E-state index contributed by atoms with van der Waals surface area (Å²) in [5.41, 5.74) is 4.12. The number of nitrogens with zero attached hydrogens (tertiary/aromatic N) is 4. The van der Waals surface area contributed by atoms with Gasteiger partial charge in [-0.1, -0.05) is 12.1 Å². The van der Waals surface area contributed by atoms with E-state index in [1.807, 2.05) is 17.0 Å². The number of anilines is 1. The van der Waals surface area contributed by atoms with Gasteiger partial charge < -0.3 is 14.5 Å². The van der Waals surface area contributed by atoms with Gasteiger partial charge in [-0.05, 0) is 49.3 Å². The van der Waals surface area contributed by atoms with Gasteiger partial charge in [-0.3, -0.25) is 9.59 Å². The Kier molecular flexibility index (Phi) is 5.29. The SMILES string of the molecule is O=C(c1cccc2c1CCC2)N1CCC[C@@H](n2ncc(N3CCOCC3)cc2=O)C1. The van der Waals surface area contributed by atoms with Crippen molar-refractivity contribution in [2.24, 2.45) is 0 Å². The lowest BCUT2D eigenvalue weighted by Crippen LogP contribution is -2.44. The molecule has 0 saturated carbocycles. The number of likely N-dealkylation sites (tertiary alicyclic amines) is 1. The maximum atomic E-state index is 13.3. The summed E-state index contributed by atoms with van der Waals surface area (Å²) in [6.07, 6.45) is 6.69. The van der Waals surface area contributed by atoms with E-state index in [9.17, 15) is 9.59 Å². The molecule has 0 unspecified atom stereocenters. The zero-order valence-electron chi connectivity index (χ0n) is 17.3. The minimum Gasteiger partial charge on any atom is -0.378 e. The largest absolute Gasteiger partial charge is 0.378 e. The first-order valence-electron chi connectivity index (χ1n) is 11.0.